The van der Waals surface area contributed by atoms with Crippen LogP contribution in [0.15, 0.2) is 30.0 Å². The summed E-state index contributed by atoms with van der Waals surface area (Å²) in [5.41, 5.74) is 4.36. The van der Waals surface area contributed by atoms with Gasteiger partial charge in [-0.25, -0.2) is 14.6 Å². The van der Waals surface area contributed by atoms with E-state index in [1.54, 1.807) is 17.5 Å². The largest absolute Gasteiger partial charge is 0.490 e. The molecular weight excluding hydrogens is 560 g/mol. The number of hydrogen-bond acceptors (Lipinski definition) is 8. The van der Waals surface area contributed by atoms with Gasteiger partial charge >= 0.3 is 24.3 Å². The molecule has 0 unspecified atom stereocenters. The minimum absolute atomic E-state index is 0.124. The standard InChI is InChI=1S/C19H25N3O2S.2C2HF3O2/c1-15-17(25-14-21-15)10-22-7-4-18-19(12-22,5-8-24-18)13-23-11-16-3-2-6-20-9-16;2*3-2(4,5)1(6)7/h2-3,6,9,14,18H,4-5,7-8,10-13H2,1H3;2*(H,6,7)/t18-,19+;;/m1../s1. The number of rotatable bonds is 6. The Morgan fingerprint density at radius 1 is 1.21 bits per heavy atom. The number of carboxylic acids is 2. The van der Waals surface area contributed by atoms with Crippen LogP contribution in [0.4, 0.5) is 26.3 Å². The summed E-state index contributed by atoms with van der Waals surface area (Å²) in [6.07, 6.45) is -3.99. The smallest absolute Gasteiger partial charge is 0.475 e. The Hall–Kier alpha value is -2.82. The molecule has 2 aliphatic rings. The van der Waals surface area contributed by atoms with Crippen LogP contribution in [0.25, 0.3) is 0 Å². The number of halogens is 6. The van der Waals surface area contributed by atoms with Crippen molar-refractivity contribution in [3.63, 3.8) is 0 Å². The molecule has 0 spiro atoms. The van der Waals surface area contributed by atoms with Gasteiger partial charge in [-0.1, -0.05) is 6.07 Å². The van der Waals surface area contributed by atoms with E-state index in [9.17, 15) is 26.3 Å². The highest BCUT2D eigenvalue weighted by Gasteiger charge is 2.48. The van der Waals surface area contributed by atoms with Crippen LogP contribution in [-0.2, 0) is 32.2 Å². The number of carbonyl (C=O) groups is 2. The van der Waals surface area contributed by atoms with Gasteiger partial charge in [0.25, 0.3) is 0 Å². The molecule has 16 heteroatoms. The van der Waals surface area contributed by atoms with E-state index in [4.69, 9.17) is 29.3 Å². The number of aromatic nitrogens is 2. The molecule has 39 heavy (non-hydrogen) atoms. The number of aryl methyl sites for hydroxylation is 1. The Morgan fingerprint density at radius 2 is 1.85 bits per heavy atom. The second-order valence-corrected chi connectivity index (χ2v) is 9.73. The number of carboxylic acid groups (broad SMARTS) is 2. The molecular formula is C23H27F6N3O6S. The molecule has 0 aliphatic carbocycles. The normalized spacial score (nSPS) is 21.2. The number of piperidine rings is 1. The number of ether oxygens (including phenoxy) is 2. The van der Waals surface area contributed by atoms with Crippen LogP contribution in [0.5, 0.6) is 0 Å². The molecule has 218 valence electrons. The Bertz CT molecular complexity index is 1040. The first-order valence-electron chi connectivity index (χ1n) is 11.4. The first kappa shape index (κ1) is 32.4. The number of fused-ring (bicyclic) bond motifs is 1. The van der Waals surface area contributed by atoms with Crippen LogP contribution < -0.4 is 0 Å². The number of alkyl halides is 6. The average molecular weight is 588 g/mol. The van der Waals surface area contributed by atoms with Gasteiger partial charge in [0.05, 0.1) is 30.5 Å². The third-order valence-electron chi connectivity index (χ3n) is 5.93. The van der Waals surface area contributed by atoms with Gasteiger partial charge in [0.15, 0.2) is 0 Å². The molecule has 2 aliphatic heterocycles. The molecule has 2 atom stereocenters. The van der Waals surface area contributed by atoms with Crippen LogP contribution in [-0.4, -0.2) is 81.8 Å². The highest BCUT2D eigenvalue weighted by molar-refractivity contribution is 7.09. The fourth-order valence-corrected chi connectivity index (χ4v) is 4.84. The monoisotopic (exact) mass is 587 g/mol. The van der Waals surface area contributed by atoms with Gasteiger partial charge < -0.3 is 19.7 Å². The van der Waals surface area contributed by atoms with Crippen LogP contribution in [0, 0.1) is 12.3 Å². The van der Waals surface area contributed by atoms with Crippen molar-refractivity contribution in [1.82, 2.24) is 14.9 Å². The zero-order valence-electron chi connectivity index (χ0n) is 20.7. The number of aliphatic carboxylic acids is 2. The summed E-state index contributed by atoms with van der Waals surface area (Å²) in [7, 11) is 0. The molecule has 4 rings (SSSR count). The van der Waals surface area contributed by atoms with Crippen molar-refractivity contribution in [2.75, 3.05) is 26.3 Å². The molecule has 2 aromatic heterocycles. The number of hydrogen-bond donors (Lipinski definition) is 2. The third kappa shape index (κ3) is 10.3. The summed E-state index contributed by atoms with van der Waals surface area (Å²) in [4.78, 5) is 30.3. The fraction of sp³-hybridized carbons (Fsp3) is 0.565. The molecule has 4 heterocycles. The van der Waals surface area contributed by atoms with Gasteiger partial charge in [-0.05, 0) is 31.4 Å². The lowest BCUT2D eigenvalue weighted by Gasteiger charge is -2.43. The summed E-state index contributed by atoms with van der Waals surface area (Å²) in [6.45, 7) is 7.46. The van der Waals surface area contributed by atoms with Crippen molar-refractivity contribution in [2.24, 2.45) is 5.41 Å². The predicted molar refractivity (Wildman–Crippen MR) is 125 cm³/mol. The quantitative estimate of drug-likeness (QED) is 0.476. The van der Waals surface area contributed by atoms with E-state index in [-0.39, 0.29) is 5.41 Å². The van der Waals surface area contributed by atoms with Crippen LogP contribution >= 0.6 is 11.3 Å². The van der Waals surface area contributed by atoms with Crippen LogP contribution in [0.3, 0.4) is 0 Å². The van der Waals surface area contributed by atoms with Crippen LogP contribution in [0.2, 0.25) is 0 Å². The molecule has 2 aromatic rings. The highest BCUT2D eigenvalue weighted by atomic mass is 32.1. The summed E-state index contributed by atoms with van der Waals surface area (Å²) >= 11 is 1.76. The lowest BCUT2D eigenvalue weighted by atomic mass is 9.77. The Balaban J connectivity index is 0.000000317. The maximum absolute atomic E-state index is 10.6. The maximum atomic E-state index is 10.6. The average Bonchev–Trinajstić information content (AvgIpc) is 3.45. The van der Waals surface area contributed by atoms with E-state index in [0.29, 0.717) is 12.7 Å². The highest BCUT2D eigenvalue weighted by Crippen LogP contribution is 2.41. The van der Waals surface area contributed by atoms with Crippen molar-refractivity contribution >= 4 is 23.3 Å². The maximum Gasteiger partial charge on any atom is 0.490 e. The number of likely N-dealkylation sites (tertiary alicyclic amines) is 1. The van der Waals surface area contributed by atoms with E-state index in [1.807, 2.05) is 17.8 Å². The minimum Gasteiger partial charge on any atom is -0.475 e. The van der Waals surface area contributed by atoms with Gasteiger partial charge in [-0.2, -0.15) is 26.3 Å². The molecule has 0 amide bonds. The van der Waals surface area contributed by atoms with E-state index < -0.39 is 24.3 Å². The molecule has 0 radical (unpaired) electrons. The minimum atomic E-state index is -5.08. The first-order chi connectivity index (χ1) is 18.1. The number of pyridine rings is 1. The number of thiazole rings is 1. The summed E-state index contributed by atoms with van der Waals surface area (Å²) in [5.74, 6) is -5.51. The summed E-state index contributed by atoms with van der Waals surface area (Å²) in [5, 5.41) is 14.2. The van der Waals surface area contributed by atoms with Gasteiger partial charge in [-0.15, -0.1) is 11.3 Å². The molecule has 0 aromatic carbocycles. The Labute approximate surface area is 223 Å². The summed E-state index contributed by atoms with van der Waals surface area (Å²) in [6, 6.07) is 4.02. The van der Waals surface area contributed by atoms with Crippen molar-refractivity contribution in [3.8, 4) is 0 Å². The lowest BCUT2D eigenvalue weighted by Crippen LogP contribution is -2.51. The van der Waals surface area contributed by atoms with Gasteiger partial charge in [0.1, 0.15) is 0 Å². The zero-order valence-corrected chi connectivity index (χ0v) is 21.5. The molecule has 2 fully saturated rings. The van der Waals surface area contributed by atoms with Crippen molar-refractivity contribution in [3.05, 3.63) is 46.2 Å². The predicted octanol–water partition coefficient (Wildman–Crippen LogP) is 4.31. The Kier molecular flexibility index (Phi) is 11.6. The van der Waals surface area contributed by atoms with Crippen molar-refractivity contribution in [1.29, 1.82) is 0 Å². The van der Waals surface area contributed by atoms with Crippen LogP contribution in [0.1, 0.15) is 29.0 Å². The van der Waals surface area contributed by atoms with Crippen molar-refractivity contribution in [2.45, 2.75) is 51.4 Å². The molecule has 2 saturated heterocycles. The fourth-order valence-electron chi connectivity index (χ4n) is 4.02. The Morgan fingerprint density at radius 3 is 2.36 bits per heavy atom. The zero-order chi connectivity index (χ0) is 29.3. The summed E-state index contributed by atoms with van der Waals surface area (Å²) < 4.78 is 75.6. The molecule has 0 saturated carbocycles. The second-order valence-electron chi connectivity index (χ2n) is 8.79. The van der Waals surface area contributed by atoms with E-state index in [1.165, 1.54) is 4.88 Å². The number of nitrogens with zero attached hydrogens (tertiary/aromatic N) is 3. The SMILES string of the molecule is Cc1ncsc1CN1CC[C@H]2OCC[C@@]2(COCc2cccnc2)C1.O=C(O)C(F)(F)F.O=C(O)C(F)(F)F. The van der Waals surface area contributed by atoms with Gasteiger partial charge in [-0.3, -0.25) is 9.88 Å². The van der Waals surface area contributed by atoms with E-state index >= 15 is 0 Å². The third-order valence-corrected chi connectivity index (χ3v) is 6.85. The second kappa shape index (κ2) is 14.0. The lowest BCUT2D eigenvalue weighted by molar-refractivity contribution is -0.193. The molecule has 9 nitrogen and oxygen atoms in total. The van der Waals surface area contributed by atoms with E-state index in [0.717, 1.165) is 56.9 Å². The first-order valence-corrected chi connectivity index (χ1v) is 12.3. The topological polar surface area (TPSA) is 122 Å². The van der Waals surface area contributed by atoms with E-state index in [2.05, 4.69) is 27.9 Å². The van der Waals surface area contributed by atoms with Crippen molar-refractivity contribution < 1.29 is 55.6 Å². The molecule has 0 bridgehead atoms. The molecule has 2 N–H and O–H groups in total. The van der Waals surface area contributed by atoms with Gasteiger partial charge in [0, 0.05) is 48.9 Å². The van der Waals surface area contributed by atoms with Gasteiger partial charge in [0.2, 0.25) is 0 Å².